The molecule has 0 heteroatoms. The van der Waals surface area contributed by atoms with Crippen LogP contribution in [0.3, 0.4) is 0 Å². The number of aryl methyl sites for hydroxylation is 3. The van der Waals surface area contributed by atoms with E-state index in [4.69, 9.17) is 0 Å². The van der Waals surface area contributed by atoms with E-state index in [1.807, 2.05) is 41.5 Å². The molecule has 0 radical (unpaired) electrons. The average molecular weight is 503 g/mol. The van der Waals surface area contributed by atoms with Crippen molar-refractivity contribution in [2.75, 3.05) is 0 Å². The summed E-state index contributed by atoms with van der Waals surface area (Å²) < 4.78 is 0. The molecule has 1 aliphatic carbocycles. The van der Waals surface area contributed by atoms with Gasteiger partial charge in [-0.05, 0) is 68.7 Å². The zero-order chi connectivity index (χ0) is 29.2. The lowest BCUT2D eigenvalue weighted by Gasteiger charge is -2.10. The molecule has 0 saturated heterocycles. The Bertz CT molecular complexity index is 890. The van der Waals surface area contributed by atoms with Crippen molar-refractivity contribution in [1.29, 1.82) is 0 Å². The van der Waals surface area contributed by atoms with Crippen molar-refractivity contribution in [3.63, 3.8) is 0 Å². The SMILES string of the molecule is C=C(CC(=C)c1cccc(C)c1)C1=CC=CC1.C=C(CC)CC.CC.CC.CC.Cc1ccc(C)cc1. The third-order valence-electron chi connectivity index (χ3n) is 5.30. The molecule has 0 fully saturated rings. The lowest BCUT2D eigenvalue weighted by atomic mass is 9.95. The van der Waals surface area contributed by atoms with Crippen molar-refractivity contribution in [1.82, 2.24) is 0 Å². The van der Waals surface area contributed by atoms with Gasteiger partial charge in [0.05, 0.1) is 0 Å². The van der Waals surface area contributed by atoms with Gasteiger partial charge in [0, 0.05) is 0 Å². The van der Waals surface area contributed by atoms with Gasteiger partial charge in [0.25, 0.3) is 0 Å². The Balaban J connectivity index is -0.000000484. The molecular weight excluding hydrogens is 444 g/mol. The second-order valence-corrected chi connectivity index (χ2v) is 8.19. The highest BCUT2D eigenvalue weighted by molar-refractivity contribution is 5.67. The van der Waals surface area contributed by atoms with E-state index in [9.17, 15) is 0 Å². The quantitative estimate of drug-likeness (QED) is 0.344. The Morgan fingerprint density at radius 2 is 1.16 bits per heavy atom. The molecule has 37 heavy (non-hydrogen) atoms. The molecule has 0 aromatic heterocycles. The minimum atomic E-state index is 0.858. The molecule has 0 atom stereocenters. The second kappa shape index (κ2) is 26.2. The lowest BCUT2D eigenvalue weighted by molar-refractivity contribution is 0.986. The van der Waals surface area contributed by atoms with E-state index in [1.165, 1.54) is 39.0 Å². The van der Waals surface area contributed by atoms with Crippen LogP contribution in [0.5, 0.6) is 0 Å². The molecule has 0 unspecified atom stereocenters. The van der Waals surface area contributed by atoms with Gasteiger partial charge in [0.2, 0.25) is 0 Å². The van der Waals surface area contributed by atoms with E-state index in [1.54, 1.807) is 0 Å². The van der Waals surface area contributed by atoms with Crippen LogP contribution in [0, 0.1) is 20.8 Å². The maximum Gasteiger partial charge on any atom is -0.00287 e. The first-order chi connectivity index (χ1) is 17.8. The molecule has 2 aromatic rings. The number of rotatable bonds is 6. The van der Waals surface area contributed by atoms with Gasteiger partial charge in [-0.25, -0.2) is 0 Å². The minimum absolute atomic E-state index is 0.858. The third kappa shape index (κ3) is 19.9. The summed E-state index contributed by atoms with van der Waals surface area (Å²) in [6.45, 7) is 34.7. The van der Waals surface area contributed by atoms with Crippen molar-refractivity contribution in [2.24, 2.45) is 0 Å². The molecule has 0 saturated carbocycles. The Morgan fingerprint density at radius 1 is 0.676 bits per heavy atom. The van der Waals surface area contributed by atoms with Crippen LogP contribution in [0.4, 0.5) is 0 Å². The molecule has 0 amide bonds. The van der Waals surface area contributed by atoms with Crippen LogP contribution in [0.25, 0.3) is 5.57 Å². The zero-order valence-corrected chi connectivity index (χ0v) is 26.3. The summed E-state index contributed by atoms with van der Waals surface area (Å²) >= 11 is 0. The fraction of sp³-hybridized carbons (Fsp3) is 0.405. The highest BCUT2D eigenvalue weighted by Gasteiger charge is 2.07. The van der Waals surface area contributed by atoms with E-state index >= 15 is 0 Å². The Labute approximate surface area is 232 Å². The van der Waals surface area contributed by atoms with Gasteiger partial charge >= 0.3 is 0 Å². The van der Waals surface area contributed by atoms with Crippen molar-refractivity contribution in [3.8, 4) is 0 Å². The van der Waals surface area contributed by atoms with E-state index < -0.39 is 0 Å². The topological polar surface area (TPSA) is 0 Å². The predicted molar refractivity (Wildman–Crippen MR) is 175 cm³/mol. The molecule has 3 rings (SSSR count). The second-order valence-electron chi connectivity index (χ2n) is 8.19. The van der Waals surface area contributed by atoms with E-state index in [0.29, 0.717) is 0 Å². The number of allylic oxidation sites excluding steroid dienone is 7. The Kier molecular flexibility index (Phi) is 27.4. The number of hydrogen-bond acceptors (Lipinski definition) is 0. The van der Waals surface area contributed by atoms with Crippen LogP contribution in [0.2, 0.25) is 0 Å². The molecule has 1 aliphatic rings. The molecule has 0 aliphatic heterocycles. The first kappa shape index (κ1) is 38.7. The van der Waals surface area contributed by atoms with E-state index in [0.717, 1.165) is 31.3 Å². The fourth-order valence-electron chi connectivity index (χ4n) is 2.93. The zero-order valence-electron chi connectivity index (χ0n) is 26.3. The molecule has 206 valence electrons. The van der Waals surface area contributed by atoms with Crippen LogP contribution >= 0.6 is 0 Å². The summed E-state index contributed by atoms with van der Waals surface area (Å²) in [5, 5.41) is 0. The lowest BCUT2D eigenvalue weighted by Crippen LogP contribution is -1.90. The molecule has 0 spiro atoms. The largest absolute Gasteiger partial charge is 0.0999 e. The summed E-state index contributed by atoms with van der Waals surface area (Å²) in [5.74, 6) is 0. The monoisotopic (exact) mass is 502 g/mol. The molecule has 0 N–H and O–H groups in total. The number of hydrogen-bond donors (Lipinski definition) is 0. The van der Waals surface area contributed by atoms with Crippen LogP contribution in [0.1, 0.15) is 103 Å². The van der Waals surface area contributed by atoms with E-state index in [-0.39, 0.29) is 0 Å². The van der Waals surface area contributed by atoms with Crippen LogP contribution < -0.4 is 0 Å². The minimum Gasteiger partial charge on any atom is -0.0999 e. The highest BCUT2D eigenvalue weighted by Crippen LogP contribution is 2.27. The van der Waals surface area contributed by atoms with Crippen LogP contribution in [-0.4, -0.2) is 0 Å². The van der Waals surface area contributed by atoms with Crippen LogP contribution in [0.15, 0.2) is 103 Å². The summed E-state index contributed by atoms with van der Waals surface area (Å²) in [6.07, 6.45) is 10.5. The van der Waals surface area contributed by atoms with Crippen molar-refractivity contribution in [3.05, 3.63) is 125 Å². The third-order valence-corrected chi connectivity index (χ3v) is 5.30. The Morgan fingerprint density at radius 3 is 1.51 bits per heavy atom. The standard InChI is InChI=1S/C17H18.C8H10.C6H12.3C2H6/c1-13-7-6-10-17(11-13)15(3)12-14(2)16-8-4-5-9-16;1-7-3-5-8(2)6-4-7;1-4-6(3)5-2;3*1-2/h4-8,10-11H,2-3,9,12H2,1H3;3-6H,1-2H3;3-5H2,1-2H3;3*1-2H3. The summed E-state index contributed by atoms with van der Waals surface area (Å²) in [7, 11) is 0. The normalized spacial score (nSPS) is 10.1. The van der Waals surface area contributed by atoms with Gasteiger partial charge in [-0.1, -0.05) is 164 Å². The van der Waals surface area contributed by atoms with Gasteiger partial charge in [0.15, 0.2) is 0 Å². The van der Waals surface area contributed by atoms with Gasteiger partial charge < -0.3 is 0 Å². The highest BCUT2D eigenvalue weighted by atomic mass is 14.1. The van der Waals surface area contributed by atoms with Crippen LogP contribution in [-0.2, 0) is 0 Å². The average Bonchev–Trinajstić information content (AvgIpc) is 3.49. The van der Waals surface area contributed by atoms with Gasteiger partial charge in [-0.2, -0.15) is 0 Å². The first-order valence-corrected chi connectivity index (χ1v) is 14.2. The Hall–Kier alpha value is -2.86. The maximum absolute atomic E-state index is 4.17. The van der Waals surface area contributed by atoms with Gasteiger partial charge in [-0.3, -0.25) is 0 Å². The predicted octanol–water partition coefficient (Wildman–Crippen LogP) is 12.6. The molecular formula is C37H58. The van der Waals surface area contributed by atoms with Gasteiger partial charge in [-0.15, -0.1) is 0 Å². The van der Waals surface area contributed by atoms with Crippen molar-refractivity contribution < 1.29 is 0 Å². The maximum atomic E-state index is 4.17. The molecule has 0 nitrogen and oxygen atoms in total. The number of benzene rings is 2. The van der Waals surface area contributed by atoms with E-state index in [2.05, 4.69) is 121 Å². The molecule has 2 aromatic carbocycles. The molecule has 0 bridgehead atoms. The van der Waals surface area contributed by atoms with Crippen molar-refractivity contribution >= 4 is 5.57 Å². The van der Waals surface area contributed by atoms with Crippen molar-refractivity contribution in [2.45, 2.75) is 102 Å². The molecule has 0 heterocycles. The summed E-state index contributed by atoms with van der Waals surface area (Å²) in [5.41, 5.74) is 10.2. The summed E-state index contributed by atoms with van der Waals surface area (Å²) in [6, 6.07) is 17.0. The first-order valence-electron chi connectivity index (χ1n) is 14.2. The smallest absolute Gasteiger partial charge is 0.00287 e. The summed E-state index contributed by atoms with van der Waals surface area (Å²) in [4.78, 5) is 0. The van der Waals surface area contributed by atoms with Gasteiger partial charge in [0.1, 0.15) is 0 Å². The fourth-order valence-corrected chi connectivity index (χ4v) is 2.93.